The van der Waals surface area contributed by atoms with Crippen molar-refractivity contribution in [2.75, 3.05) is 31.4 Å². The zero-order valence-electron chi connectivity index (χ0n) is 12.6. The SMILES string of the molecule is CN(C)n1c(N)nc2c(ncn2[C@@H]2O[C@H](CO)[C@@H](O)[C@H]2O)c1=O. The molecule has 1 saturated heterocycles. The van der Waals surface area contributed by atoms with Gasteiger partial charge >= 0.3 is 5.56 Å². The number of imidazole rings is 1. The maximum absolute atomic E-state index is 12.4. The van der Waals surface area contributed by atoms with Crippen LogP contribution in [0.1, 0.15) is 6.23 Å². The molecule has 0 unspecified atom stereocenters. The molecule has 1 fully saturated rings. The largest absolute Gasteiger partial charge is 0.394 e. The van der Waals surface area contributed by atoms with Crippen molar-refractivity contribution < 1.29 is 20.1 Å². The number of fused-ring (bicyclic) bond motifs is 1. The first-order valence-corrected chi connectivity index (χ1v) is 6.92. The second-order valence-corrected chi connectivity index (χ2v) is 5.49. The average Bonchev–Trinajstić information content (AvgIpc) is 3.01. The second kappa shape index (κ2) is 5.45. The Labute approximate surface area is 130 Å². The fourth-order valence-corrected chi connectivity index (χ4v) is 2.66. The molecule has 4 atom stereocenters. The van der Waals surface area contributed by atoms with Crippen LogP contribution in [-0.2, 0) is 4.74 Å². The molecule has 1 aliphatic heterocycles. The second-order valence-electron chi connectivity index (χ2n) is 5.49. The number of hydrogen-bond donors (Lipinski definition) is 4. The van der Waals surface area contributed by atoms with E-state index in [9.17, 15) is 15.0 Å². The monoisotopic (exact) mass is 326 g/mol. The van der Waals surface area contributed by atoms with E-state index in [2.05, 4.69) is 9.97 Å². The zero-order valence-corrected chi connectivity index (χ0v) is 12.6. The summed E-state index contributed by atoms with van der Waals surface area (Å²) < 4.78 is 7.88. The van der Waals surface area contributed by atoms with E-state index in [0.29, 0.717) is 0 Å². The Balaban J connectivity index is 2.13. The molecule has 1 aliphatic rings. The minimum absolute atomic E-state index is 0.0469. The summed E-state index contributed by atoms with van der Waals surface area (Å²) in [5, 5.41) is 30.5. The highest BCUT2D eigenvalue weighted by atomic mass is 16.6. The molecule has 3 heterocycles. The smallest absolute Gasteiger partial charge is 0.301 e. The van der Waals surface area contributed by atoms with E-state index in [4.69, 9.17) is 15.6 Å². The van der Waals surface area contributed by atoms with Crippen molar-refractivity contribution in [2.45, 2.75) is 24.5 Å². The van der Waals surface area contributed by atoms with Crippen molar-refractivity contribution in [3.8, 4) is 0 Å². The Morgan fingerprint density at radius 2 is 2.09 bits per heavy atom. The van der Waals surface area contributed by atoms with E-state index in [1.807, 2.05) is 0 Å². The van der Waals surface area contributed by atoms with Crippen LogP contribution in [0, 0.1) is 0 Å². The summed E-state index contributed by atoms with van der Waals surface area (Å²) in [5.41, 5.74) is 5.51. The lowest BCUT2D eigenvalue weighted by Gasteiger charge is -2.19. The number of hydrogen-bond acceptors (Lipinski definition) is 9. The number of aromatic nitrogens is 4. The average molecular weight is 326 g/mol. The van der Waals surface area contributed by atoms with Crippen LogP contribution in [0.2, 0.25) is 0 Å². The van der Waals surface area contributed by atoms with Crippen LogP contribution in [-0.4, -0.2) is 73.5 Å². The fourth-order valence-electron chi connectivity index (χ4n) is 2.66. The summed E-state index contributed by atoms with van der Waals surface area (Å²) in [6.07, 6.45) is -3.26. The molecule has 2 aromatic rings. The maximum Gasteiger partial charge on any atom is 0.301 e. The molecule has 0 radical (unpaired) electrons. The molecule has 5 N–H and O–H groups in total. The topological polar surface area (TPSA) is 152 Å². The number of rotatable bonds is 3. The van der Waals surface area contributed by atoms with E-state index >= 15 is 0 Å². The van der Waals surface area contributed by atoms with Crippen molar-refractivity contribution in [1.29, 1.82) is 0 Å². The van der Waals surface area contributed by atoms with Gasteiger partial charge in [-0.05, 0) is 0 Å². The van der Waals surface area contributed by atoms with Crippen molar-refractivity contribution in [3.63, 3.8) is 0 Å². The third kappa shape index (κ3) is 2.25. The molecule has 0 aromatic carbocycles. The summed E-state index contributed by atoms with van der Waals surface area (Å²) >= 11 is 0. The van der Waals surface area contributed by atoms with Crippen LogP contribution in [0.3, 0.4) is 0 Å². The van der Waals surface area contributed by atoms with E-state index in [0.717, 1.165) is 4.68 Å². The normalized spacial score (nSPS) is 27.7. The van der Waals surface area contributed by atoms with Gasteiger partial charge in [0.1, 0.15) is 18.3 Å². The number of nitrogens with two attached hydrogens (primary N) is 1. The van der Waals surface area contributed by atoms with Crippen molar-refractivity contribution in [1.82, 2.24) is 19.2 Å². The molecule has 126 valence electrons. The number of anilines is 1. The van der Waals surface area contributed by atoms with Gasteiger partial charge in [0, 0.05) is 14.1 Å². The summed E-state index contributed by atoms with van der Waals surface area (Å²) in [4.78, 5) is 20.6. The van der Waals surface area contributed by atoms with Gasteiger partial charge in [-0.25, -0.2) is 4.98 Å². The fraction of sp³-hybridized carbons (Fsp3) is 0.583. The van der Waals surface area contributed by atoms with Crippen LogP contribution < -0.4 is 16.3 Å². The summed E-state index contributed by atoms with van der Waals surface area (Å²) in [7, 11) is 3.27. The molecule has 11 heteroatoms. The van der Waals surface area contributed by atoms with E-state index in [-0.39, 0.29) is 17.1 Å². The third-order valence-corrected chi connectivity index (χ3v) is 3.79. The standard InChI is InChI=1S/C12H18N6O5/c1-16(2)18-10(22)6-9(15-12(18)13)17(4-14-6)11-8(21)7(20)5(3-19)23-11/h4-5,7-8,11,19-21H,3H2,1-2H3,(H2,13,15)/t5-,7-,8-,11-/m1/s1. The molecule has 0 spiro atoms. The van der Waals surface area contributed by atoms with Crippen LogP contribution in [0.15, 0.2) is 11.1 Å². The Hall–Kier alpha value is -2.21. The van der Waals surface area contributed by atoms with E-state index in [1.54, 1.807) is 14.1 Å². The van der Waals surface area contributed by atoms with Gasteiger partial charge in [-0.2, -0.15) is 9.66 Å². The molecule has 0 aliphatic carbocycles. The predicted octanol–water partition coefficient (Wildman–Crippen LogP) is -3.02. The van der Waals surface area contributed by atoms with Gasteiger partial charge in [0.25, 0.3) is 0 Å². The molecule has 2 aromatic heterocycles. The number of nitrogens with zero attached hydrogens (tertiary/aromatic N) is 5. The molecular formula is C12H18N6O5. The van der Waals surface area contributed by atoms with Crippen molar-refractivity contribution >= 4 is 17.1 Å². The Morgan fingerprint density at radius 1 is 1.39 bits per heavy atom. The van der Waals surface area contributed by atoms with E-state index in [1.165, 1.54) is 15.9 Å². The predicted molar refractivity (Wildman–Crippen MR) is 79.3 cm³/mol. The molecular weight excluding hydrogens is 308 g/mol. The maximum atomic E-state index is 12.4. The number of aliphatic hydroxyl groups excluding tert-OH is 3. The minimum atomic E-state index is -1.30. The number of ether oxygens (including phenoxy) is 1. The van der Waals surface area contributed by atoms with Gasteiger partial charge in [0.2, 0.25) is 5.95 Å². The van der Waals surface area contributed by atoms with Gasteiger partial charge < -0.3 is 30.8 Å². The van der Waals surface area contributed by atoms with Crippen LogP contribution >= 0.6 is 0 Å². The molecule has 23 heavy (non-hydrogen) atoms. The summed E-state index contributed by atoms with van der Waals surface area (Å²) in [6, 6.07) is 0. The number of aliphatic hydroxyl groups is 3. The lowest BCUT2D eigenvalue weighted by atomic mass is 10.1. The molecule has 3 rings (SSSR count). The van der Waals surface area contributed by atoms with Gasteiger partial charge in [-0.3, -0.25) is 9.36 Å². The molecule has 0 amide bonds. The molecule has 0 saturated carbocycles. The molecule has 0 bridgehead atoms. The first kappa shape index (κ1) is 15.7. The van der Waals surface area contributed by atoms with E-state index < -0.39 is 36.7 Å². The third-order valence-electron chi connectivity index (χ3n) is 3.79. The number of nitrogen functional groups attached to an aromatic ring is 1. The highest BCUT2D eigenvalue weighted by Gasteiger charge is 2.44. The first-order valence-electron chi connectivity index (χ1n) is 6.92. The van der Waals surface area contributed by atoms with Gasteiger partial charge in [-0.15, -0.1) is 0 Å². The minimum Gasteiger partial charge on any atom is -0.394 e. The lowest BCUT2D eigenvalue weighted by Crippen LogP contribution is -2.38. The van der Waals surface area contributed by atoms with Crippen LogP contribution in [0.4, 0.5) is 5.95 Å². The van der Waals surface area contributed by atoms with Crippen LogP contribution in [0.25, 0.3) is 11.2 Å². The van der Waals surface area contributed by atoms with Gasteiger partial charge in [0.15, 0.2) is 17.4 Å². The molecule has 11 nitrogen and oxygen atoms in total. The van der Waals surface area contributed by atoms with Gasteiger partial charge in [-0.1, -0.05) is 0 Å². The quantitative estimate of drug-likeness (QED) is 0.462. The highest BCUT2D eigenvalue weighted by molar-refractivity contribution is 5.71. The lowest BCUT2D eigenvalue weighted by molar-refractivity contribution is -0.0511. The van der Waals surface area contributed by atoms with Crippen LogP contribution in [0.5, 0.6) is 0 Å². The summed E-state index contributed by atoms with van der Waals surface area (Å²) in [6.45, 7) is -0.454. The van der Waals surface area contributed by atoms with Crippen molar-refractivity contribution in [2.24, 2.45) is 0 Å². The highest BCUT2D eigenvalue weighted by Crippen LogP contribution is 2.30. The first-order chi connectivity index (χ1) is 10.9. The van der Waals surface area contributed by atoms with Crippen molar-refractivity contribution in [3.05, 3.63) is 16.7 Å². The Bertz CT molecular complexity index is 786. The van der Waals surface area contributed by atoms with Gasteiger partial charge in [0.05, 0.1) is 12.9 Å². The summed E-state index contributed by atoms with van der Waals surface area (Å²) in [5.74, 6) is -0.0546. The Kier molecular flexibility index (Phi) is 3.72. The Morgan fingerprint density at radius 3 is 2.65 bits per heavy atom. The zero-order chi connectivity index (χ0) is 16.9.